The quantitative estimate of drug-likeness (QED) is 0.672. The molecular formula is C10H21N3. The Morgan fingerprint density at radius 2 is 1.23 bits per heavy atom. The van der Waals surface area contributed by atoms with E-state index in [4.69, 9.17) is 0 Å². The molecule has 0 saturated carbocycles. The van der Waals surface area contributed by atoms with Crippen molar-refractivity contribution in [3.8, 4) is 0 Å². The standard InChI is InChI=1S/C8H13N3.2CH4/c1-5(2)8-10-6(3)9-7(4)11-8;;/h5H,1-4H3;2*1H4. The van der Waals surface area contributed by atoms with E-state index < -0.39 is 0 Å². The van der Waals surface area contributed by atoms with E-state index in [1.807, 2.05) is 13.8 Å². The van der Waals surface area contributed by atoms with Crippen LogP contribution in [0.5, 0.6) is 0 Å². The number of hydrogen-bond acceptors (Lipinski definition) is 3. The highest BCUT2D eigenvalue weighted by molar-refractivity contribution is 4.97. The zero-order valence-corrected chi connectivity index (χ0v) is 7.42. The molecule has 0 aliphatic heterocycles. The van der Waals surface area contributed by atoms with E-state index in [1.54, 1.807) is 0 Å². The van der Waals surface area contributed by atoms with Gasteiger partial charge in [0.15, 0.2) is 0 Å². The number of hydrogen-bond donors (Lipinski definition) is 0. The minimum Gasteiger partial charge on any atom is -0.219 e. The van der Waals surface area contributed by atoms with Gasteiger partial charge in [0.25, 0.3) is 0 Å². The number of aryl methyl sites for hydroxylation is 2. The highest BCUT2D eigenvalue weighted by Crippen LogP contribution is 2.07. The molecule has 0 aliphatic rings. The van der Waals surface area contributed by atoms with E-state index in [9.17, 15) is 0 Å². The molecule has 3 nitrogen and oxygen atoms in total. The van der Waals surface area contributed by atoms with Crippen molar-refractivity contribution in [3.63, 3.8) is 0 Å². The summed E-state index contributed by atoms with van der Waals surface area (Å²) in [6, 6.07) is 0. The monoisotopic (exact) mass is 183 g/mol. The van der Waals surface area contributed by atoms with Crippen LogP contribution in [0.1, 0.15) is 52.1 Å². The van der Waals surface area contributed by atoms with Crippen molar-refractivity contribution in [1.82, 2.24) is 15.0 Å². The fourth-order valence-electron chi connectivity index (χ4n) is 0.899. The Kier molecular flexibility index (Phi) is 6.28. The van der Waals surface area contributed by atoms with E-state index in [0.29, 0.717) is 5.92 Å². The molecule has 0 aliphatic carbocycles. The molecule has 0 radical (unpaired) electrons. The van der Waals surface area contributed by atoms with Gasteiger partial charge in [0.2, 0.25) is 0 Å². The Balaban J connectivity index is 0. The molecule has 0 saturated heterocycles. The SMILES string of the molecule is C.C.Cc1nc(C)nc(C(C)C)n1. The number of rotatable bonds is 1. The van der Waals surface area contributed by atoms with Gasteiger partial charge in [-0.2, -0.15) is 0 Å². The lowest BCUT2D eigenvalue weighted by Crippen LogP contribution is -2.03. The van der Waals surface area contributed by atoms with Crippen molar-refractivity contribution >= 4 is 0 Å². The van der Waals surface area contributed by atoms with Crippen LogP contribution in [0.15, 0.2) is 0 Å². The van der Waals surface area contributed by atoms with Crippen LogP contribution in [0.3, 0.4) is 0 Å². The van der Waals surface area contributed by atoms with Crippen LogP contribution in [-0.4, -0.2) is 15.0 Å². The molecule has 3 heteroatoms. The predicted octanol–water partition coefficient (Wildman–Crippen LogP) is 2.88. The minimum atomic E-state index is 0. The molecule has 0 unspecified atom stereocenters. The number of aromatic nitrogens is 3. The van der Waals surface area contributed by atoms with Gasteiger partial charge in [-0.15, -0.1) is 0 Å². The van der Waals surface area contributed by atoms with Gasteiger partial charge in [-0.25, -0.2) is 15.0 Å². The molecule has 0 spiro atoms. The molecular weight excluding hydrogens is 162 g/mol. The molecule has 0 atom stereocenters. The molecule has 13 heavy (non-hydrogen) atoms. The smallest absolute Gasteiger partial charge is 0.135 e. The normalized spacial score (nSPS) is 9.00. The Bertz CT molecular complexity index is 236. The summed E-state index contributed by atoms with van der Waals surface area (Å²) in [5, 5.41) is 0. The van der Waals surface area contributed by atoms with Gasteiger partial charge in [0, 0.05) is 5.92 Å². The van der Waals surface area contributed by atoms with Gasteiger partial charge in [0.1, 0.15) is 17.5 Å². The summed E-state index contributed by atoms with van der Waals surface area (Å²) < 4.78 is 0. The van der Waals surface area contributed by atoms with E-state index in [0.717, 1.165) is 17.5 Å². The van der Waals surface area contributed by atoms with Crippen molar-refractivity contribution in [3.05, 3.63) is 17.5 Å². The van der Waals surface area contributed by atoms with Crippen LogP contribution in [0.25, 0.3) is 0 Å². The summed E-state index contributed by atoms with van der Waals surface area (Å²) in [6.45, 7) is 7.93. The van der Waals surface area contributed by atoms with Crippen LogP contribution in [0, 0.1) is 13.8 Å². The molecule has 0 N–H and O–H groups in total. The maximum Gasteiger partial charge on any atom is 0.135 e. The van der Waals surface area contributed by atoms with Crippen LogP contribution in [0.4, 0.5) is 0 Å². The predicted molar refractivity (Wildman–Crippen MR) is 56.9 cm³/mol. The van der Waals surface area contributed by atoms with Crippen molar-refractivity contribution in [2.75, 3.05) is 0 Å². The lowest BCUT2D eigenvalue weighted by atomic mass is 10.2. The van der Waals surface area contributed by atoms with Crippen LogP contribution >= 0.6 is 0 Å². The van der Waals surface area contributed by atoms with Gasteiger partial charge >= 0.3 is 0 Å². The Labute approximate surface area is 81.7 Å². The third kappa shape index (κ3) is 3.97. The molecule has 76 valence electrons. The average Bonchev–Trinajstić information content (AvgIpc) is 1.85. The van der Waals surface area contributed by atoms with Gasteiger partial charge < -0.3 is 0 Å². The fourth-order valence-corrected chi connectivity index (χ4v) is 0.899. The van der Waals surface area contributed by atoms with E-state index in [-0.39, 0.29) is 14.9 Å². The Hall–Kier alpha value is -0.990. The van der Waals surface area contributed by atoms with Crippen molar-refractivity contribution in [2.24, 2.45) is 0 Å². The second-order valence-corrected chi connectivity index (χ2v) is 2.94. The Morgan fingerprint density at radius 3 is 1.54 bits per heavy atom. The summed E-state index contributed by atoms with van der Waals surface area (Å²) >= 11 is 0. The second kappa shape index (κ2) is 5.62. The molecule has 1 rings (SSSR count). The maximum absolute atomic E-state index is 4.21. The van der Waals surface area contributed by atoms with Gasteiger partial charge in [-0.3, -0.25) is 0 Å². The summed E-state index contributed by atoms with van der Waals surface area (Å²) in [7, 11) is 0. The fraction of sp³-hybridized carbons (Fsp3) is 0.700. The number of nitrogens with zero attached hydrogens (tertiary/aromatic N) is 3. The highest BCUT2D eigenvalue weighted by Gasteiger charge is 2.03. The zero-order chi connectivity index (χ0) is 8.43. The summed E-state index contributed by atoms with van der Waals surface area (Å²) in [4.78, 5) is 12.5. The van der Waals surface area contributed by atoms with Crippen LogP contribution in [0.2, 0.25) is 0 Å². The molecule has 0 bridgehead atoms. The molecule has 1 aromatic heterocycles. The van der Waals surface area contributed by atoms with Crippen molar-refractivity contribution in [1.29, 1.82) is 0 Å². The zero-order valence-electron chi connectivity index (χ0n) is 7.42. The minimum absolute atomic E-state index is 0. The topological polar surface area (TPSA) is 38.7 Å². The summed E-state index contributed by atoms with van der Waals surface area (Å²) in [5.41, 5.74) is 0. The van der Waals surface area contributed by atoms with Crippen LogP contribution < -0.4 is 0 Å². The maximum atomic E-state index is 4.21. The molecule has 1 heterocycles. The average molecular weight is 183 g/mol. The van der Waals surface area contributed by atoms with Crippen molar-refractivity contribution < 1.29 is 0 Å². The first-order chi connectivity index (χ1) is 5.09. The first kappa shape index (κ1) is 14.5. The second-order valence-electron chi connectivity index (χ2n) is 2.94. The third-order valence-electron chi connectivity index (χ3n) is 1.39. The summed E-state index contributed by atoms with van der Waals surface area (Å²) in [6.07, 6.45) is 0. The first-order valence-electron chi connectivity index (χ1n) is 3.79. The lowest BCUT2D eigenvalue weighted by Gasteiger charge is -2.03. The van der Waals surface area contributed by atoms with Gasteiger partial charge in [-0.05, 0) is 13.8 Å². The molecule has 0 fully saturated rings. The largest absolute Gasteiger partial charge is 0.219 e. The molecule has 0 aromatic carbocycles. The van der Waals surface area contributed by atoms with Gasteiger partial charge in [0.05, 0.1) is 0 Å². The first-order valence-corrected chi connectivity index (χ1v) is 3.79. The van der Waals surface area contributed by atoms with E-state index in [1.165, 1.54) is 0 Å². The van der Waals surface area contributed by atoms with Gasteiger partial charge in [-0.1, -0.05) is 28.7 Å². The van der Waals surface area contributed by atoms with E-state index >= 15 is 0 Å². The third-order valence-corrected chi connectivity index (χ3v) is 1.39. The Morgan fingerprint density at radius 1 is 0.846 bits per heavy atom. The van der Waals surface area contributed by atoms with Crippen molar-refractivity contribution in [2.45, 2.75) is 48.5 Å². The molecule has 0 amide bonds. The lowest BCUT2D eigenvalue weighted by molar-refractivity contribution is 0.732. The van der Waals surface area contributed by atoms with E-state index in [2.05, 4.69) is 28.8 Å². The summed E-state index contributed by atoms with van der Waals surface area (Å²) in [5.74, 6) is 2.88. The highest BCUT2D eigenvalue weighted by atomic mass is 15.0. The van der Waals surface area contributed by atoms with Crippen LogP contribution in [-0.2, 0) is 0 Å². The molecule has 1 aromatic rings.